The Hall–Kier alpha value is -3.51. The first kappa shape index (κ1) is 30.0. The molecule has 226 valence electrons. The van der Waals surface area contributed by atoms with E-state index in [1.807, 2.05) is 13.7 Å². The summed E-state index contributed by atoms with van der Waals surface area (Å²) in [6, 6.07) is 6.63. The molecule has 12 heteroatoms. The van der Waals surface area contributed by atoms with Gasteiger partial charge in [-0.3, -0.25) is 4.90 Å². The van der Waals surface area contributed by atoms with Crippen molar-refractivity contribution in [1.82, 2.24) is 29.4 Å². The number of aromatic amines is 1. The van der Waals surface area contributed by atoms with E-state index in [4.69, 9.17) is 4.79 Å². The Bertz CT molecular complexity index is 1480. The molecular weight excluding hydrogens is 547 g/mol. The highest BCUT2D eigenvalue weighted by atomic mass is 19.4. The number of benzene rings is 1. The summed E-state index contributed by atoms with van der Waals surface area (Å²) in [6.45, 7) is 5.41. The molecule has 0 spiro atoms. The minimum atomic E-state index is -4.37. The Morgan fingerprint density at radius 2 is 1.98 bits per heavy atom. The van der Waals surface area contributed by atoms with Crippen molar-refractivity contribution >= 4 is 34.7 Å². The number of aryl methyl sites for hydroxylation is 1. The van der Waals surface area contributed by atoms with Gasteiger partial charge in [0.25, 0.3) is 0 Å². The van der Waals surface area contributed by atoms with Gasteiger partial charge in [0.1, 0.15) is 36.6 Å². The molecule has 2 fully saturated rings. The Morgan fingerprint density at radius 3 is 2.71 bits per heavy atom. The van der Waals surface area contributed by atoms with Crippen molar-refractivity contribution in [3.05, 3.63) is 48.2 Å². The monoisotopic (exact) mass is 585 g/mol. The lowest BCUT2D eigenvalue weighted by Gasteiger charge is -2.28. The molecule has 2 aliphatic rings. The largest absolute Gasteiger partial charge is 0.416 e. The van der Waals surface area contributed by atoms with E-state index < -0.39 is 18.0 Å². The molecule has 9 nitrogen and oxygen atoms in total. The van der Waals surface area contributed by atoms with Crippen molar-refractivity contribution in [3.8, 4) is 0 Å². The van der Waals surface area contributed by atoms with Crippen molar-refractivity contribution in [3.63, 3.8) is 0 Å². The van der Waals surface area contributed by atoms with Crippen LogP contribution in [0.1, 0.15) is 69.3 Å². The van der Waals surface area contributed by atoms with E-state index in [2.05, 4.69) is 47.0 Å². The first-order chi connectivity index (χ1) is 20.2. The molecule has 42 heavy (non-hydrogen) atoms. The summed E-state index contributed by atoms with van der Waals surface area (Å²) in [7, 11) is 0. The highest BCUT2D eigenvalue weighted by molar-refractivity contribution is 5.87. The van der Waals surface area contributed by atoms with Crippen LogP contribution in [-0.2, 0) is 17.4 Å². The van der Waals surface area contributed by atoms with E-state index in [0.717, 1.165) is 74.2 Å². The molecule has 1 aromatic carbocycles. The summed E-state index contributed by atoms with van der Waals surface area (Å²) in [5.74, 6) is 2.10. The maximum absolute atomic E-state index is 13.0. The summed E-state index contributed by atoms with van der Waals surface area (Å²) in [5.41, 5.74) is 1.26. The predicted octanol–water partition coefficient (Wildman–Crippen LogP) is 5.72. The number of carbonyl (C=O) groups is 1. The number of aliphatic hydroxyl groups is 1. The van der Waals surface area contributed by atoms with Crippen LogP contribution in [0.25, 0.3) is 22.1 Å². The number of nitrogens with zero attached hydrogens (tertiary/aromatic N) is 5. The molecule has 6 rings (SSSR count). The van der Waals surface area contributed by atoms with Gasteiger partial charge in [-0.05, 0) is 82.1 Å². The molecule has 3 aromatic heterocycles. The lowest BCUT2D eigenvalue weighted by atomic mass is 10.1. The maximum Gasteiger partial charge on any atom is 0.416 e. The molecular formula is C30H38F3N7O2. The molecule has 3 N–H and O–H groups in total. The number of halogens is 3. The Morgan fingerprint density at radius 1 is 1.17 bits per heavy atom. The zero-order valence-electron chi connectivity index (χ0n) is 23.8. The number of fused-ring (bicyclic) bond motifs is 2. The van der Waals surface area contributed by atoms with Crippen LogP contribution in [0.2, 0.25) is 0 Å². The smallest absolute Gasteiger partial charge is 0.379 e. The second-order valence-corrected chi connectivity index (χ2v) is 11.4. The Kier molecular flexibility index (Phi) is 9.12. The molecule has 0 radical (unpaired) electrons. The van der Waals surface area contributed by atoms with Gasteiger partial charge in [0, 0.05) is 37.8 Å². The molecule has 3 heterocycles. The third-order valence-corrected chi connectivity index (χ3v) is 8.32. The van der Waals surface area contributed by atoms with Gasteiger partial charge in [-0.15, -0.1) is 0 Å². The molecule has 2 saturated carbocycles. The number of rotatable bonds is 11. The Balaban J connectivity index is 0.00000173. The summed E-state index contributed by atoms with van der Waals surface area (Å²) < 4.78 is 41.3. The first-order valence-corrected chi connectivity index (χ1v) is 14.6. The summed E-state index contributed by atoms with van der Waals surface area (Å²) in [6.07, 6.45) is 6.84. The number of unbranched alkanes of at least 4 members (excludes halogenated alkanes) is 1. The SMILES string of the molecule is C=O.CC(O)N(CCCCc1nc2ccc(C(F)(F)F)cc2[nH]1)C[C@@H]1CC[C@H](n2ccc3c(NC4CC4)ncnc32)C1. The van der Waals surface area contributed by atoms with Crippen LogP contribution in [0.3, 0.4) is 0 Å². The average molecular weight is 586 g/mol. The standard InChI is InChI=1S/C29H36F3N7O.CH2O/c1-18(40)38(12-3-2-4-26-36-24-10-6-20(29(30,31)32)15-25(24)37-26)16-19-5-9-22(14-19)39-13-11-23-27(35-21-7-8-21)33-17-34-28(23)39;1-2/h6,10-11,13,15,17-19,21-22,40H,2-5,7-9,12,14,16H2,1H3,(H,36,37)(H,33,34,35);1H2/t18?,19-,22+;/m1./s1. The fourth-order valence-electron chi connectivity index (χ4n) is 6.00. The number of H-pyrrole nitrogens is 1. The van der Waals surface area contributed by atoms with Crippen LogP contribution in [0, 0.1) is 5.92 Å². The van der Waals surface area contributed by atoms with Gasteiger partial charge in [-0.25, -0.2) is 15.0 Å². The second kappa shape index (κ2) is 12.8. The number of hydrogen-bond donors (Lipinski definition) is 3. The number of alkyl halides is 3. The number of carbonyl (C=O) groups excluding carboxylic acids is 1. The quantitative estimate of drug-likeness (QED) is 0.152. The first-order valence-electron chi connectivity index (χ1n) is 14.6. The van der Waals surface area contributed by atoms with Crippen molar-refractivity contribution in [2.75, 3.05) is 18.4 Å². The van der Waals surface area contributed by atoms with E-state index in [-0.39, 0.29) is 0 Å². The van der Waals surface area contributed by atoms with Crippen molar-refractivity contribution in [2.45, 2.75) is 82.8 Å². The number of nitrogens with one attached hydrogen (secondary N) is 2. The number of anilines is 1. The summed E-state index contributed by atoms with van der Waals surface area (Å²) in [5, 5.41) is 15.1. The molecule has 1 unspecified atom stereocenters. The minimum absolute atomic E-state index is 0.382. The van der Waals surface area contributed by atoms with Gasteiger partial charge < -0.3 is 24.8 Å². The number of imidazole rings is 1. The average Bonchev–Trinajstić information content (AvgIpc) is 3.33. The summed E-state index contributed by atoms with van der Waals surface area (Å²) in [4.78, 5) is 26.7. The zero-order chi connectivity index (χ0) is 29.9. The highest BCUT2D eigenvalue weighted by Crippen LogP contribution is 2.38. The zero-order valence-corrected chi connectivity index (χ0v) is 23.8. The van der Waals surface area contributed by atoms with Gasteiger partial charge in [0.15, 0.2) is 0 Å². The third-order valence-electron chi connectivity index (χ3n) is 8.32. The molecule has 3 atom stereocenters. The molecule has 4 aromatic rings. The van der Waals surface area contributed by atoms with E-state index in [9.17, 15) is 18.3 Å². The fraction of sp³-hybridized carbons (Fsp3) is 0.533. The van der Waals surface area contributed by atoms with Crippen LogP contribution in [0.5, 0.6) is 0 Å². The fourth-order valence-corrected chi connectivity index (χ4v) is 6.00. The van der Waals surface area contributed by atoms with Crippen molar-refractivity contribution in [2.24, 2.45) is 5.92 Å². The third kappa shape index (κ3) is 6.92. The topological polar surface area (TPSA) is 112 Å². The Labute approximate surface area is 242 Å². The van der Waals surface area contributed by atoms with Crippen molar-refractivity contribution in [1.29, 1.82) is 0 Å². The molecule has 0 aliphatic heterocycles. The number of aromatic nitrogens is 5. The lowest BCUT2D eigenvalue weighted by molar-refractivity contribution is -0.137. The van der Waals surface area contributed by atoms with Gasteiger partial charge in [-0.1, -0.05) is 0 Å². The number of aliphatic hydroxyl groups excluding tert-OH is 1. The van der Waals surface area contributed by atoms with Crippen LogP contribution >= 0.6 is 0 Å². The lowest BCUT2D eigenvalue weighted by Crippen LogP contribution is -2.37. The van der Waals surface area contributed by atoms with Gasteiger partial charge in [0.2, 0.25) is 0 Å². The van der Waals surface area contributed by atoms with Gasteiger partial charge >= 0.3 is 6.18 Å². The van der Waals surface area contributed by atoms with Crippen LogP contribution < -0.4 is 5.32 Å². The normalized spacial score (nSPS) is 19.8. The van der Waals surface area contributed by atoms with Crippen LogP contribution in [-0.4, -0.2) is 66.7 Å². The van der Waals surface area contributed by atoms with E-state index >= 15 is 0 Å². The molecule has 0 saturated heterocycles. The van der Waals surface area contributed by atoms with Gasteiger partial charge in [-0.2, -0.15) is 13.2 Å². The maximum atomic E-state index is 13.0. The van der Waals surface area contributed by atoms with E-state index in [1.54, 1.807) is 6.33 Å². The van der Waals surface area contributed by atoms with Crippen LogP contribution in [0.4, 0.5) is 19.0 Å². The summed E-state index contributed by atoms with van der Waals surface area (Å²) >= 11 is 0. The van der Waals surface area contributed by atoms with E-state index in [1.165, 1.54) is 18.9 Å². The second-order valence-electron chi connectivity index (χ2n) is 11.4. The molecule has 0 bridgehead atoms. The molecule has 0 amide bonds. The van der Waals surface area contributed by atoms with Gasteiger partial charge in [0.05, 0.1) is 22.0 Å². The highest BCUT2D eigenvalue weighted by Gasteiger charge is 2.31. The number of hydrogen-bond acceptors (Lipinski definition) is 7. The molecule has 2 aliphatic carbocycles. The van der Waals surface area contributed by atoms with Crippen molar-refractivity contribution < 1.29 is 23.1 Å². The predicted molar refractivity (Wildman–Crippen MR) is 155 cm³/mol. The van der Waals surface area contributed by atoms with Crippen LogP contribution in [0.15, 0.2) is 36.8 Å². The minimum Gasteiger partial charge on any atom is -0.379 e. The van der Waals surface area contributed by atoms with E-state index in [0.29, 0.717) is 41.3 Å².